The number of para-hydroxylation sites is 1. The van der Waals surface area contributed by atoms with Crippen molar-refractivity contribution in [3.05, 3.63) is 22.7 Å². The third-order valence-corrected chi connectivity index (χ3v) is 4.59. The molecule has 4 nitrogen and oxygen atoms in total. The number of anilines is 1. The van der Waals surface area contributed by atoms with Crippen LogP contribution in [0.1, 0.15) is 6.42 Å². The predicted octanol–water partition coefficient (Wildman–Crippen LogP) is 1.56. The summed E-state index contributed by atoms with van der Waals surface area (Å²) in [6.07, 6.45) is 0.00343. The van der Waals surface area contributed by atoms with E-state index in [0.29, 0.717) is 10.2 Å². The molecule has 0 spiro atoms. The number of hydrogen-bond donors (Lipinski definition) is 1. The van der Waals surface area contributed by atoms with Crippen LogP contribution < -0.4 is 5.32 Å². The van der Waals surface area contributed by atoms with E-state index in [-0.39, 0.29) is 23.0 Å². The van der Waals surface area contributed by atoms with Gasteiger partial charge in [0.1, 0.15) is 0 Å². The number of fused-ring (bicyclic) bond motifs is 1. The monoisotopic (exact) mass is 289 g/mol. The van der Waals surface area contributed by atoms with Crippen LogP contribution in [0.2, 0.25) is 0 Å². The van der Waals surface area contributed by atoms with Gasteiger partial charge in [-0.3, -0.25) is 4.79 Å². The fourth-order valence-corrected chi connectivity index (χ4v) is 3.45. The van der Waals surface area contributed by atoms with Crippen LogP contribution in [0.4, 0.5) is 5.69 Å². The molecule has 15 heavy (non-hydrogen) atoms. The summed E-state index contributed by atoms with van der Waals surface area (Å²) in [5.74, 6) is -0.410. The van der Waals surface area contributed by atoms with E-state index in [2.05, 4.69) is 21.2 Å². The molecule has 0 aliphatic carbocycles. The molecule has 0 aromatic heterocycles. The van der Waals surface area contributed by atoms with Crippen LogP contribution in [-0.2, 0) is 14.6 Å². The van der Waals surface area contributed by atoms with Gasteiger partial charge in [0, 0.05) is 10.9 Å². The lowest BCUT2D eigenvalue weighted by Gasteiger charge is -2.07. The Balaban J connectivity index is 2.71. The maximum absolute atomic E-state index is 11.8. The van der Waals surface area contributed by atoms with Crippen LogP contribution in [0.3, 0.4) is 0 Å². The molecule has 1 aliphatic rings. The molecule has 80 valence electrons. The number of sulfone groups is 1. The minimum absolute atomic E-state index is 0.00343. The van der Waals surface area contributed by atoms with Gasteiger partial charge in [-0.05, 0) is 28.1 Å². The smallest absolute Gasteiger partial charge is 0.225 e. The van der Waals surface area contributed by atoms with Crippen LogP contribution >= 0.6 is 15.9 Å². The number of rotatable bonds is 0. The van der Waals surface area contributed by atoms with E-state index in [0.717, 1.165) is 0 Å². The average Bonchev–Trinajstić information content (AvgIpc) is 2.28. The van der Waals surface area contributed by atoms with Gasteiger partial charge in [0.2, 0.25) is 5.91 Å². The van der Waals surface area contributed by atoms with Crippen molar-refractivity contribution in [2.75, 3.05) is 11.1 Å². The first kappa shape index (κ1) is 10.6. The largest absolute Gasteiger partial charge is 0.324 e. The molecular weight excluding hydrogens is 282 g/mol. The quantitative estimate of drug-likeness (QED) is 0.788. The van der Waals surface area contributed by atoms with Crippen LogP contribution in [0.15, 0.2) is 27.6 Å². The van der Waals surface area contributed by atoms with Crippen molar-refractivity contribution in [3.63, 3.8) is 0 Å². The molecule has 0 radical (unpaired) electrons. The summed E-state index contributed by atoms with van der Waals surface area (Å²) >= 11 is 3.22. The summed E-state index contributed by atoms with van der Waals surface area (Å²) in [6, 6.07) is 4.83. The zero-order valence-electron chi connectivity index (χ0n) is 7.66. The Morgan fingerprint density at radius 3 is 2.80 bits per heavy atom. The van der Waals surface area contributed by atoms with Gasteiger partial charge in [0.25, 0.3) is 0 Å². The van der Waals surface area contributed by atoms with Crippen molar-refractivity contribution in [2.24, 2.45) is 0 Å². The van der Waals surface area contributed by atoms with Crippen molar-refractivity contribution < 1.29 is 13.2 Å². The number of carbonyl (C=O) groups is 1. The van der Waals surface area contributed by atoms with Gasteiger partial charge in [-0.1, -0.05) is 6.07 Å². The Labute approximate surface area is 95.7 Å². The topological polar surface area (TPSA) is 63.2 Å². The van der Waals surface area contributed by atoms with Gasteiger partial charge in [-0.2, -0.15) is 0 Å². The van der Waals surface area contributed by atoms with Crippen molar-refractivity contribution in [3.8, 4) is 0 Å². The Morgan fingerprint density at radius 1 is 1.33 bits per heavy atom. The van der Waals surface area contributed by atoms with E-state index in [1.807, 2.05) is 0 Å². The normalized spacial score (nSPS) is 18.9. The molecule has 1 heterocycles. The highest BCUT2D eigenvalue weighted by Crippen LogP contribution is 2.32. The average molecular weight is 290 g/mol. The van der Waals surface area contributed by atoms with E-state index in [9.17, 15) is 13.2 Å². The fraction of sp³-hybridized carbons (Fsp3) is 0.222. The first-order valence-corrected chi connectivity index (χ1v) is 6.76. The molecule has 1 N–H and O–H groups in total. The van der Waals surface area contributed by atoms with E-state index in [4.69, 9.17) is 0 Å². The summed E-state index contributed by atoms with van der Waals surface area (Å²) in [4.78, 5) is 11.5. The highest BCUT2D eigenvalue weighted by molar-refractivity contribution is 9.10. The summed E-state index contributed by atoms with van der Waals surface area (Å²) in [5.41, 5.74) is 0.347. The van der Waals surface area contributed by atoms with E-state index < -0.39 is 9.84 Å². The van der Waals surface area contributed by atoms with Crippen molar-refractivity contribution >= 4 is 37.4 Å². The van der Waals surface area contributed by atoms with Gasteiger partial charge in [0.15, 0.2) is 9.84 Å². The highest BCUT2D eigenvalue weighted by Gasteiger charge is 2.26. The number of benzene rings is 1. The Kier molecular flexibility index (Phi) is 2.56. The Morgan fingerprint density at radius 2 is 2.07 bits per heavy atom. The molecule has 0 atom stereocenters. The molecule has 6 heteroatoms. The van der Waals surface area contributed by atoms with Gasteiger partial charge >= 0.3 is 0 Å². The van der Waals surface area contributed by atoms with E-state index >= 15 is 0 Å². The lowest BCUT2D eigenvalue weighted by Crippen LogP contribution is -2.11. The molecule has 1 aromatic carbocycles. The Bertz CT molecular complexity index is 524. The van der Waals surface area contributed by atoms with Gasteiger partial charge < -0.3 is 5.32 Å². The third kappa shape index (κ3) is 1.91. The minimum atomic E-state index is -3.35. The van der Waals surface area contributed by atoms with Gasteiger partial charge in [0.05, 0.1) is 16.3 Å². The first-order valence-electron chi connectivity index (χ1n) is 4.32. The SMILES string of the molecule is O=C1CCS(=O)(=O)c2cccc(Br)c2N1. The van der Waals surface area contributed by atoms with E-state index in [1.165, 1.54) is 6.07 Å². The first-order chi connectivity index (χ1) is 7.00. The zero-order valence-corrected chi connectivity index (χ0v) is 10.1. The molecule has 0 unspecified atom stereocenters. The molecule has 1 amide bonds. The molecule has 0 saturated carbocycles. The number of halogens is 1. The van der Waals surface area contributed by atoms with Crippen molar-refractivity contribution in [1.82, 2.24) is 0 Å². The zero-order chi connectivity index (χ0) is 11.1. The van der Waals surface area contributed by atoms with Gasteiger partial charge in [-0.25, -0.2) is 8.42 Å². The molecule has 0 fully saturated rings. The van der Waals surface area contributed by atoms with Crippen LogP contribution in [0.5, 0.6) is 0 Å². The second-order valence-corrected chi connectivity index (χ2v) is 6.16. The summed E-state index contributed by atoms with van der Waals surface area (Å²) in [5, 5.41) is 2.58. The second kappa shape index (κ2) is 3.61. The number of nitrogens with one attached hydrogen (secondary N) is 1. The summed E-state index contributed by atoms with van der Waals surface area (Å²) in [7, 11) is -3.35. The number of amides is 1. The predicted molar refractivity (Wildman–Crippen MR) is 59.4 cm³/mol. The number of carbonyl (C=O) groups excluding carboxylic acids is 1. The van der Waals surface area contributed by atoms with E-state index in [1.54, 1.807) is 12.1 Å². The van der Waals surface area contributed by atoms with Crippen LogP contribution in [-0.4, -0.2) is 20.1 Å². The second-order valence-electron chi connectivity index (χ2n) is 3.23. The third-order valence-electron chi connectivity index (χ3n) is 2.17. The van der Waals surface area contributed by atoms with Crippen LogP contribution in [0, 0.1) is 0 Å². The standard InChI is InChI=1S/C9H8BrNO3S/c10-6-2-1-3-7-9(6)11-8(12)4-5-15(7,13)14/h1-3H,4-5H2,(H,11,12). The molecule has 0 saturated heterocycles. The summed E-state index contributed by atoms with van der Waals surface area (Å²) in [6.45, 7) is 0. The molecule has 0 bridgehead atoms. The summed E-state index contributed by atoms with van der Waals surface area (Å²) < 4.78 is 24.1. The molecular formula is C9H8BrNO3S. The molecule has 1 aromatic rings. The lowest BCUT2D eigenvalue weighted by atomic mass is 10.3. The minimum Gasteiger partial charge on any atom is -0.324 e. The Hall–Kier alpha value is -0.880. The molecule has 1 aliphatic heterocycles. The molecule has 2 rings (SSSR count). The van der Waals surface area contributed by atoms with Crippen molar-refractivity contribution in [2.45, 2.75) is 11.3 Å². The lowest BCUT2D eigenvalue weighted by molar-refractivity contribution is -0.115. The fourth-order valence-electron chi connectivity index (χ4n) is 1.42. The maximum atomic E-state index is 11.8. The highest BCUT2D eigenvalue weighted by atomic mass is 79.9. The number of hydrogen-bond acceptors (Lipinski definition) is 3. The van der Waals surface area contributed by atoms with Crippen molar-refractivity contribution in [1.29, 1.82) is 0 Å². The maximum Gasteiger partial charge on any atom is 0.225 e. The van der Waals surface area contributed by atoms with Crippen LogP contribution in [0.25, 0.3) is 0 Å². The van der Waals surface area contributed by atoms with Gasteiger partial charge in [-0.15, -0.1) is 0 Å².